The van der Waals surface area contributed by atoms with Crippen molar-refractivity contribution in [3.8, 4) is 0 Å². The number of piperazine rings is 1. The zero-order chi connectivity index (χ0) is 21.1. The molecule has 1 saturated heterocycles. The summed E-state index contributed by atoms with van der Waals surface area (Å²) in [5.41, 5.74) is 5.34. The highest BCUT2D eigenvalue weighted by atomic mass is 35.5. The van der Waals surface area contributed by atoms with Gasteiger partial charge in [-0.3, -0.25) is 9.59 Å². The van der Waals surface area contributed by atoms with Crippen molar-refractivity contribution in [1.29, 1.82) is 0 Å². The maximum absolute atomic E-state index is 13.8. The fourth-order valence-electron chi connectivity index (χ4n) is 2.92. The number of carbonyl (C=O) groups is 2. The molecule has 1 heterocycles. The van der Waals surface area contributed by atoms with E-state index >= 15 is 0 Å². The van der Waals surface area contributed by atoms with Crippen LogP contribution >= 0.6 is 12.4 Å². The predicted octanol–water partition coefficient (Wildman–Crippen LogP) is 1.93. The van der Waals surface area contributed by atoms with Crippen LogP contribution in [0.1, 0.15) is 32.8 Å². The minimum absolute atomic E-state index is 0. The number of nitrogens with zero attached hydrogens (tertiary/aromatic N) is 1. The number of nitrogens with two attached hydrogens (primary N) is 1. The summed E-state index contributed by atoms with van der Waals surface area (Å²) in [6.07, 6.45) is -0.310. The third kappa shape index (κ3) is 7.17. The van der Waals surface area contributed by atoms with Gasteiger partial charge >= 0.3 is 0 Å². The number of amides is 2. The maximum atomic E-state index is 13.8. The highest BCUT2D eigenvalue weighted by Gasteiger charge is 2.34. The standard InChI is InChI=1S/C19H26F3N3O3.ClH/c1-19(2,3)28-10-16-18(27)24-4-5-25(16)17(26)8-12(23)6-11-7-14(21)15(22)9-13(11)20;/h7,9,12,16H,4-6,8,10,23H2,1-3H3,(H,24,27);1H. The molecule has 1 aliphatic rings. The van der Waals surface area contributed by atoms with Crippen LogP contribution in [0.4, 0.5) is 13.2 Å². The molecule has 0 spiro atoms. The Morgan fingerprint density at radius 3 is 2.52 bits per heavy atom. The van der Waals surface area contributed by atoms with E-state index in [-0.39, 0.29) is 49.2 Å². The van der Waals surface area contributed by atoms with Crippen molar-refractivity contribution in [1.82, 2.24) is 10.2 Å². The molecule has 2 rings (SSSR count). The third-order valence-corrected chi connectivity index (χ3v) is 4.33. The molecule has 2 atom stereocenters. The SMILES string of the molecule is CC(C)(C)OCC1C(=O)NCCN1C(=O)CC(N)Cc1cc(F)c(F)cc1F.Cl. The van der Waals surface area contributed by atoms with Gasteiger partial charge in [-0.25, -0.2) is 13.2 Å². The van der Waals surface area contributed by atoms with E-state index in [0.717, 1.165) is 6.07 Å². The molecule has 0 aromatic heterocycles. The topological polar surface area (TPSA) is 84.7 Å². The summed E-state index contributed by atoms with van der Waals surface area (Å²) in [4.78, 5) is 26.2. The first kappa shape index (κ1) is 25.2. The minimum atomic E-state index is -1.29. The number of hydrogen-bond acceptors (Lipinski definition) is 4. The summed E-state index contributed by atoms with van der Waals surface area (Å²) in [6, 6.07) is -0.411. The van der Waals surface area contributed by atoms with Gasteiger partial charge in [0, 0.05) is 31.6 Å². The molecule has 0 saturated carbocycles. The molecule has 164 valence electrons. The van der Waals surface area contributed by atoms with Crippen molar-refractivity contribution >= 4 is 24.2 Å². The summed E-state index contributed by atoms with van der Waals surface area (Å²) >= 11 is 0. The van der Waals surface area contributed by atoms with Gasteiger partial charge in [-0.15, -0.1) is 12.4 Å². The van der Waals surface area contributed by atoms with E-state index in [1.54, 1.807) is 0 Å². The zero-order valence-corrected chi connectivity index (χ0v) is 17.5. The molecule has 1 aromatic carbocycles. The number of hydrogen-bond donors (Lipinski definition) is 2. The van der Waals surface area contributed by atoms with Crippen LogP contribution in [0.5, 0.6) is 0 Å². The Kier molecular flexibility index (Phi) is 8.92. The van der Waals surface area contributed by atoms with Crippen LogP contribution < -0.4 is 11.1 Å². The molecule has 10 heteroatoms. The maximum Gasteiger partial charge on any atom is 0.245 e. The van der Waals surface area contributed by atoms with Gasteiger partial charge in [-0.2, -0.15) is 0 Å². The van der Waals surface area contributed by atoms with Crippen molar-refractivity contribution in [2.75, 3.05) is 19.7 Å². The molecule has 6 nitrogen and oxygen atoms in total. The van der Waals surface area contributed by atoms with Gasteiger partial charge in [-0.1, -0.05) is 0 Å². The monoisotopic (exact) mass is 437 g/mol. The lowest BCUT2D eigenvalue weighted by Gasteiger charge is -2.36. The van der Waals surface area contributed by atoms with Crippen LogP contribution in [0.2, 0.25) is 0 Å². The first-order valence-electron chi connectivity index (χ1n) is 9.08. The van der Waals surface area contributed by atoms with Crippen molar-refractivity contribution < 1.29 is 27.5 Å². The first-order chi connectivity index (χ1) is 13.0. The summed E-state index contributed by atoms with van der Waals surface area (Å²) < 4.78 is 45.8. The number of benzene rings is 1. The second-order valence-corrected chi connectivity index (χ2v) is 7.84. The lowest BCUT2D eigenvalue weighted by Crippen LogP contribution is -2.60. The average molecular weight is 438 g/mol. The van der Waals surface area contributed by atoms with Crippen molar-refractivity contribution in [2.24, 2.45) is 5.73 Å². The molecule has 2 unspecified atom stereocenters. The summed E-state index contributed by atoms with van der Waals surface area (Å²) in [7, 11) is 0. The third-order valence-electron chi connectivity index (χ3n) is 4.33. The van der Waals surface area contributed by atoms with E-state index in [4.69, 9.17) is 10.5 Å². The van der Waals surface area contributed by atoms with Gasteiger partial charge in [-0.05, 0) is 38.8 Å². The molecule has 0 bridgehead atoms. The molecule has 1 aliphatic heterocycles. The largest absolute Gasteiger partial charge is 0.373 e. The van der Waals surface area contributed by atoms with Gasteiger partial charge in [0.05, 0.1) is 12.2 Å². The van der Waals surface area contributed by atoms with E-state index in [1.807, 2.05) is 20.8 Å². The number of nitrogens with one attached hydrogen (secondary N) is 1. The number of carbonyl (C=O) groups excluding carboxylic acids is 2. The van der Waals surface area contributed by atoms with Crippen LogP contribution in [0, 0.1) is 17.5 Å². The van der Waals surface area contributed by atoms with Crippen LogP contribution in [-0.4, -0.2) is 54.1 Å². The van der Waals surface area contributed by atoms with Crippen molar-refractivity contribution in [3.63, 3.8) is 0 Å². The van der Waals surface area contributed by atoms with E-state index in [1.165, 1.54) is 4.90 Å². The Balaban J connectivity index is 0.00000420. The molecule has 2 amide bonds. The molecular weight excluding hydrogens is 411 g/mol. The zero-order valence-electron chi connectivity index (χ0n) is 16.6. The second kappa shape index (κ2) is 10.3. The average Bonchev–Trinajstić information content (AvgIpc) is 2.57. The quantitative estimate of drug-likeness (QED) is 0.666. The van der Waals surface area contributed by atoms with Crippen LogP contribution in [-0.2, 0) is 20.7 Å². The lowest BCUT2D eigenvalue weighted by molar-refractivity contribution is -0.148. The Labute approximate surface area is 174 Å². The minimum Gasteiger partial charge on any atom is -0.373 e. The van der Waals surface area contributed by atoms with Gasteiger partial charge < -0.3 is 20.7 Å². The lowest BCUT2D eigenvalue weighted by atomic mass is 10.0. The highest BCUT2D eigenvalue weighted by Crippen LogP contribution is 2.17. The Morgan fingerprint density at radius 2 is 1.90 bits per heavy atom. The molecular formula is C19H27ClF3N3O3. The molecule has 0 aliphatic carbocycles. The highest BCUT2D eigenvalue weighted by molar-refractivity contribution is 5.89. The van der Waals surface area contributed by atoms with Gasteiger partial charge in [0.1, 0.15) is 11.9 Å². The summed E-state index contributed by atoms with van der Waals surface area (Å²) in [5, 5.41) is 2.69. The predicted molar refractivity (Wildman–Crippen MR) is 104 cm³/mol. The van der Waals surface area contributed by atoms with Gasteiger partial charge in [0.25, 0.3) is 0 Å². The van der Waals surface area contributed by atoms with Crippen molar-refractivity contribution in [3.05, 3.63) is 35.1 Å². The number of halogens is 4. The molecule has 3 N–H and O–H groups in total. The van der Waals surface area contributed by atoms with Crippen LogP contribution in [0.3, 0.4) is 0 Å². The van der Waals surface area contributed by atoms with E-state index < -0.39 is 35.1 Å². The number of rotatable bonds is 6. The molecule has 1 aromatic rings. The van der Waals surface area contributed by atoms with Crippen LogP contribution in [0.25, 0.3) is 0 Å². The normalized spacial score (nSPS) is 18.1. The Hall–Kier alpha value is -1.84. The van der Waals surface area contributed by atoms with Gasteiger partial charge in [0.2, 0.25) is 11.8 Å². The van der Waals surface area contributed by atoms with E-state index in [0.29, 0.717) is 19.2 Å². The fourth-order valence-corrected chi connectivity index (χ4v) is 2.92. The Bertz CT molecular complexity index is 743. The Morgan fingerprint density at radius 1 is 1.28 bits per heavy atom. The molecule has 0 radical (unpaired) electrons. The number of ether oxygens (including phenoxy) is 1. The summed E-state index contributed by atoms with van der Waals surface area (Å²) in [5.74, 6) is -4.08. The fraction of sp³-hybridized carbons (Fsp3) is 0.579. The van der Waals surface area contributed by atoms with E-state index in [2.05, 4.69) is 5.32 Å². The second-order valence-electron chi connectivity index (χ2n) is 7.84. The van der Waals surface area contributed by atoms with Crippen molar-refractivity contribution in [2.45, 2.75) is 51.3 Å². The summed E-state index contributed by atoms with van der Waals surface area (Å²) in [6.45, 7) is 6.16. The van der Waals surface area contributed by atoms with Crippen LogP contribution in [0.15, 0.2) is 12.1 Å². The molecule has 1 fully saturated rings. The smallest absolute Gasteiger partial charge is 0.245 e. The van der Waals surface area contributed by atoms with E-state index in [9.17, 15) is 22.8 Å². The molecule has 29 heavy (non-hydrogen) atoms. The first-order valence-corrected chi connectivity index (χ1v) is 9.08. The van der Waals surface area contributed by atoms with Gasteiger partial charge in [0.15, 0.2) is 11.6 Å².